The Kier molecular flexibility index (Phi) is 7.97. The Hall–Kier alpha value is -0.460. The van der Waals surface area contributed by atoms with Crippen molar-refractivity contribution in [3.8, 4) is 0 Å². The van der Waals surface area contributed by atoms with Crippen LogP contribution < -0.4 is 0 Å². The molecule has 5 aliphatic rings. The van der Waals surface area contributed by atoms with Gasteiger partial charge in [-0.25, -0.2) is 0 Å². The maximum atomic E-state index is 11.8. The molecular formula is C33H56O5. The molecule has 0 spiro atoms. The summed E-state index contributed by atoms with van der Waals surface area (Å²) in [6, 6.07) is 0. The zero-order valence-electron chi connectivity index (χ0n) is 24.9. The number of ether oxygens (including phenoxy) is 1. The Labute approximate surface area is 231 Å². The Morgan fingerprint density at radius 3 is 2.37 bits per heavy atom. The van der Waals surface area contributed by atoms with Crippen LogP contribution in [0.25, 0.3) is 0 Å². The van der Waals surface area contributed by atoms with Crippen molar-refractivity contribution in [3.63, 3.8) is 0 Å². The van der Waals surface area contributed by atoms with Gasteiger partial charge in [0.1, 0.15) is 24.4 Å². The number of rotatable bonds is 6. The van der Waals surface area contributed by atoms with Crippen molar-refractivity contribution in [2.75, 3.05) is 0 Å². The molecule has 0 aromatic heterocycles. The molecule has 5 rings (SSSR count). The van der Waals surface area contributed by atoms with Crippen molar-refractivity contribution < 1.29 is 25.2 Å². The summed E-state index contributed by atoms with van der Waals surface area (Å²) < 4.78 is 5.95. The Bertz CT molecular complexity index is 887. The van der Waals surface area contributed by atoms with E-state index < -0.39 is 36.1 Å². The molecule has 0 aromatic carbocycles. The second-order valence-electron chi connectivity index (χ2n) is 15.3. The predicted octanol–water partition coefficient (Wildman–Crippen LogP) is 5.63. The van der Waals surface area contributed by atoms with Gasteiger partial charge in [-0.3, -0.25) is 0 Å². The van der Waals surface area contributed by atoms with Gasteiger partial charge >= 0.3 is 0 Å². The first-order valence-electron chi connectivity index (χ1n) is 15.9. The standard InChI is InChI=1S/C33H56O5/c1-19(2)8-7-9-20(3)24-12-13-25-23-11-10-22-18-33(37,30-29(36)28(35)27(34)21(4)38-30)17-16-31(22,5)26(23)14-15-32(24,25)6/h10,19-21,23-30,34-37H,7-9,11-18H2,1-6H3/t20-,21-,23+,24-,25+,26+,27+,28+,29-,30?,31+,32-,33?/m1/s1. The maximum Gasteiger partial charge on any atom is 0.115 e. The fourth-order valence-electron chi connectivity index (χ4n) is 10.4. The molecule has 5 heteroatoms. The number of hydrogen-bond donors (Lipinski definition) is 4. The van der Waals surface area contributed by atoms with Gasteiger partial charge in [-0.05, 0) is 98.2 Å². The van der Waals surface area contributed by atoms with Crippen LogP contribution in [0.4, 0.5) is 0 Å². The first kappa shape index (κ1) is 29.0. The third-order valence-corrected chi connectivity index (χ3v) is 12.8. The summed E-state index contributed by atoms with van der Waals surface area (Å²) in [6.45, 7) is 14.0. The average Bonchev–Trinajstić information content (AvgIpc) is 3.22. The van der Waals surface area contributed by atoms with Crippen LogP contribution in [-0.4, -0.2) is 56.5 Å². The zero-order chi connectivity index (χ0) is 27.6. The second-order valence-corrected chi connectivity index (χ2v) is 15.3. The molecule has 0 radical (unpaired) electrons. The SMILES string of the molecule is CC(C)CCC[C@@H](C)[C@H]1CC[C@H]2[C@@H]3CC=C4CC(O)(C5O[C@H](C)[C@H](O)[C@H](O)[C@H]5O)CC[C@]4(C)[C@H]3CC[C@]12C. The summed E-state index contributed by atoms with van der Waals surface area (Å²) in [5, 5.41) is 43.1. The van der Waals surface area contributed by atoms with Crippen LogP contribution in [0.3, 0.4) is 0 Å². The van der Waals surface area contributed by atoms with Crippen molar-refractivity contribution in [2.45, 2.75) is 148 Å². The molecule has 4 aliphatic carbocycles. The molecule has 218 valence electrons. The fraction of sp³-hybridized carbons (Fsp3) is 0.939. The van der Waals surface area contributed by atoms with Crippen LogP contribution in [0.5, 0.6) is 0 Å². The number of aliphatic hydroxyl groups is 4. The third kappa shape index (κ3) is 4.65. The zero-order valence-corrected chi connectivity index (χ0v) is 24.9. The summed E-state index contributed by atoms with van der Waals surface area (Å²) >= 11 is 0. The molecule has 1 saturated heterocycles. The van der Waals surface area contributed by atoms with Gasteiger partial charge in [0.2, 0.25) is 0 Å². The number of hydrogen-bond acceptors (Lipinski definition) is 5. The molecule has 13 atom stereocenters. The van der Waals surface area contributed by atoms with Gasteiger partial charge in [0.15, 0.2) is 0 Å². The van der Waals surface area contributed by atoms with Crippen molar-refractivity contribution in [2.24, 2.45) is 46.3 Å². The lowest BCUT2D eigenvalue weighted by Crippen LogP contribution is -2.65. The van der Waals surface area contributed by atoms with Gasteiger partial charge in [0.05, 0.1) is 11.7 Å². The first-order valence-corrected chi connectivity index (χ1v) is 15.9. The Balaban J connectivity index is 1.31. The predicted molar refractivity (Wildman–Crippen MR) is 150 cm³/mol. The summed E-state index contributed by atoms with van der Waals surface area (Å²) in [7, 11) is 0. The maximum absolute atomic E-state index is 11.8. The van der Waals surface area contributed by atoms with Gasteiger partial charge in [-0.1, -0.05) is 65.5 Å². The average molecular weight is 533 g/mol. The van der Waals surface area contributed by atoms with Crippen LogP contribution in [0.2, 0.25) is 0 Å². The molecular weight excluding hydrogens is 476 g/mol. The van der Waals surface area contributed by atoms with Crippen molar-refractivity contribution in [3.05, 3.63) is 11.6 Å². The fourth-order valence-corrected chi connectivity index (χ4v) is 10.4. The normalized spacial score (nSPS) is 51.7. The van der Waals surface area contributed by atoms with Crippen LogP contribution >= 0.6 is 0 Å². The molecule has 2 unspecified atom stereocenters. The summed E-state index contributed by atoms with van der Waals surface area (Å²) in [5.41, 5.74) is 0.653. The summed E-state index contributed by atoms with van der Waals surface area (Å²) in [5.74, 6) is 4.65. The van der Waals surface area contributed by atoms with E-state index in [1.54, 1.807) is 6.92 Å². The van der Waals surface area contributed by atoms with Gasteiger partial charge in [0, 0.05) is 6.42 Å². The highest BCUT2D eigenvalue weighted by Gasteiger charge is 2.61. The van der Waals surface area contributed by atoms with Crippen LogP contribution in [0, 0.1) is 46.3 Å². The molecule has 1 heterocycles. The van der Waals surface area contributed by atoms with Crippen molar-refractivity contribution in [1.29, 1.82) is 0 Å². The van der Waals surface area contributed by atoms with Gasteiger partial charge in [0.25, 0.3) is 0 Å². The lowest BCUT2D eigenvalue weighted by Gasteiger charge is -2.60. The minimum atomic E-state index is -1.30. The van der Waals surface area contributed by atoms with E-state index in [4.69, 9.17) is 4.74 Å². The number of allylic oxidation sites excluding steroid dienone is 1. The second kappa shape index (κ2) is 10.4. The van der Waals surface area contributed by atoms with E-state index in [-0.39, 0.29) is 5.41 Å². The van der Waals surface area contributed by atoms with Gasteiger partial charge < -0.3 is 25.2 Å². The topological polar surface area (TPSA) is 90.2 Å². The minimum absolute atomic E-state index is 0.0841. The van der Waals surface area contributed by atoms with E-state index in [0.717, 1.165) is 42.4 Å². The van der Waals surface area contributed by atoms with Crippen molar-refractivity contribution in [1.82, 2.24) is 0 Å². The van der Waals surface area contributed by atoms with Gasteiger partial charge in [-0.15, -0.1) is 0 Å². The van der Waals surface area contributed by atoms with E-state index >= 15 is 0 Å². The first-order chi connectivity index (χ1) is 17.8. The van der Waals surface area contributed by atoms with E-state index in [1.807, 2.05) is 0 Å². The summed E-state index contributed by atoms with van der Waals surface area (Å²) in [6.07, 6.45) is 9.69. The highest BCUT2D eigenvalue weighted by Crippen LogP contribution is 2.68. The lowest BCUT2D eigenvalue weighted by atomic mass is 9.46. The molecule has 0 aromatic rings. The molecule has 0 bridgehead atoms. The van der Waals surface area contributed by atoms with E-state index in [9.17, 15) is 20.4 Å². The highest BCUT2D eigenvalue weighted by molar-refractivity contribution is 5.28. The van der Waals surface area contributed by atoms with Crippen molar-refractivity contribution >= 4 is 0 Å². The molecule has 1 aliphatic heterocycles. The smallest absolute Gasteiger partial charge is 0.115 e. The monoisotopic (exact) mass is 532 g/mol. The molecule has 38 heavy (non-hydrogen) atoms. The molecule has 3 saturated carbocycles. The Morgan fingerprint density at radius 1 is 0.921 bits per heavy atom. The summed E-state index contributed by atoms with van der Waals surface area (Å²) in [4.78, 5) is 0. The number of aliphatic hydroxyl groups excluding tert-OH is 3. The largest absolute Gasteiger partial charge is 0.388 e. The van der Waals surface area contributed by atoms with E-state index in [0.29, 0.717) is 24.2 Å². The van der Waals surface area contributed by atoms with Crippen LogP contribution in [0.1, 0.15) is 112 Å². The van der Waals surface area contributed by atoms with Gasteiger partial charge in [-0.2, -0.15) is 0 Å². The lowest BCUT2D eigenvalue weighted by molar-refractivity contribution is -0.266. The highest BCUT2D eigenvalue weighted by atomic mass is 16.5. The minimum Gasteiger partial charge on any atom is -0.388 e. The molecule has 4 N–H and O–H groups in total. The third-order valence-electron chi connectivity index (χ3n) is 12.8. The molecule has 0 amide bonds. The number of fused-ring (bicyclic) bond motifs is 5. The van der Waals surface area contributed by atoms with E-state index in [1.165, 1.54) is 50.5 Å². The van der Waals surface area contributed by atoms with Crippen LogP contribution in [-0.2, 0) is 4.74 Å². The van der Waals surface area contributed by atoms with E-state index in [2.05, 4.69) is 40.7 Å². The molecule has 5 nitrogen and oxygen atoms in total. The quantitative estimate of drug-likeness (QED) is 0.333. The Morgan fingerprint density at radius 2 is 1.66 bits per heavy atom. The van der Waals surface area contributed by atoms with Crippen LogP contribution in [0.15, 0.2) is 11.6 Å². The molecule has 4 fully saturated rings.